The standard InChI is InChI=1S/C11H16N4O3/c16-6-2-5-14(9-3-1-4-9)11-12-7-10(8-13-11)15(17)18/h7-9,16H,1-6H2. The first-order chi connectivity index (χ1) is 8.72. The van der Waals surface area contributed by atoms with Gasteiger partial charge in [-0.15, -0.1) is 0 Å². The molecule has 2 rings (SSSR count). The van der Waals surface area contributed by atoms with Crippen molar-refractivity contribution in [2.75, 3.05) is 18.1 Å². The van der Waals surface area contributed by atoms with Crippen molar-refractivity contribution in [3.05, 3.63) is 22.5 Å². The third-order valence-corrected chi connectivity index (χ3v) is 3.16. The molecule has 98 valence electrons. The molecular formula is C11H16N4O3. The van der Waals surface area contributed by atoms with Gasteiger partial charge in [-0.2, -0.15) is 0 Å². The van der Waals surface area contributed by atoms with Gasteiger partial charge in [0.15, 0.2) is 0 Å². The van der Waals surface area contributed by atoms with E-state index in [1.165, 1.54) is 18.8 Å². The second-order valence-corrected chi connectivity index (χ2v) is 4.35. The third kappa shape index (κ3) is 2.73. The number of rotatable bonds is 6. The van der Waals surface area contributed by atoms with Crippen LogP contribution < -0.4 is 4.90 Å². The molecule has 18 heavy (non-hydrogen) atoms. The summed E-state index contributed by atoms with van der Waals surface area (Å²) in [6.45, 7) is 0.801. The van der Waals surface area contributed by atoms with Crippen LogP contribution in [-0.4, -0.2) is 39.2 Å². The van der Waals surface area contributed by atoms with E-state index in [9.17, 15) is 10.1 Å². The minimum Gasteiger partial charge on any atom is -0.396 e. The molecule has 7 nitrogen and oxygen atoms in total. The molecule has 0 bridgehead atoms. The second-order valence-electron chi connectivity index (χ2n) is 4.35. The van der Waals surface area contributed by atoms with Gasteiger partial charge in [-0.05, 0) is 25.7 Å². The molecule has 0 amide bonds. The zero-order chi connectivity index (χ0) is 13.0. The van der Waals surface area contributed by atoms with E-state index in [1.807, 2.05) is 4.90 Å². The zero-order valence-corrected chi connectivity index (χ0v) is 10.0. The van der Waals surface area contributed by atoms with Crippen LogP contribution in [-0.2, 0) is 0 Å². The van der Waals surface area contributed by atoms with Crippen LogP contribution in [0.5, 0.6) is 0 Å². The average Bonchev–Trinajstić information content (AvgIpc) is 2.32. The number of anilines is 1. The van der Waals surface area contributed by atoms with E-state index in [2.05, 4.69) is 9.97 Å². The van der Waals surface area contributed by atoms with Crippen LogP contribution in [0, 0.1) is 10.1 Å². The number of aromatic nitrogens is 2. The Morgan fingerprint density at radius 2 is 2.11 bits per heavy atom. The molecule has 1 aliphatic rings. The largest absolute Gasteiger partial charge is 0.396 e. The number of nitrogens with zero attached hydrogens (tertiary/aromatic N) is 4. The molecule has 0 radical (unpaired) electrons. The molecular weight excluding hydrogens is 236 g/mol. The topological polar surface area (TPSA) is 92.4 Å². The van der Waals surface area contributed by atoms with Gasteiger partial charge in [0.25, 0.3) is 0 Å². The Bertz CT molecular complexity index is 405. The quantitative estimate of drug-likeness (QED) is 0.602. The monoisotopic (exact) mass is 252 g/mol. The zero-order valence-electron chi connectivity index (χ0n) is 10.0. The molecule has 1 aromatic heterocycles. The molecule has 1 aliphatic carbocycles. The maximum atomic E-state index is 10.5. The molecule has 0 saturated heterocycles. The third-order valence-electron chi connectivity index (χ3n) is 3.16. The highest BCUT2D eigenvalue weighted by molar-refractivity contribution is 5.35. The summed E-state index contributed by atoms with van der Waals surface area (Å²) in [5.41, 5.74) is -0.102. The van der Waals surface area contributed by atoms with Crippen molar-refractivity contribution in [3.8, 4) is 0 Å². The summed E-state index contributed by atoms with van der Waals surface area (Å²) >= 11 is 0. The normalized spacial score (nSPS) is 15.2. The molecule has 0 aliphatic heterocycles. The highest BCUT2D eigenvalue weighted by atomic mass is 16.6. The first-order valence-corrected chi connectivity index (χ1v) is 6.06. The van der Waals surface area contributed by atoms with Crippen LogP contribution in [0.15, 0.2) is 12.4 Å². The molecule has 0 unspecified atom stereocenters. The van der Waals surface area contributed by atoms with Crippen LogP contribution in [0.25, 0.3) is 0 Å². The molecule has 1 fully saturated rings. The summed E-state index contributed by atoms with van der Waals surface area (Å²) in [6.07, 6.45) is 6.47. The van der Waals surface area contributed by atoms with Crippen molar-refractivity contribution in [1.82, 2.24) is 9.97 Å². The van der Waals surface area contributed by atoms with Crippen molar-refractivity contribution in [1.29, 1.82) is 0 Å². The predicted molar refractivity (Wildman–Crippen MR) is 65.4 cm³/mol. The lowest BCUT2D eigenvalue weighted by atomic mass is 9.91. The number of hydrogen-bond acceptors (Lipinski definition) is 6. The summed E-state index contributed by atoms with van der Waals surface area (Å²) in [6, 6.07) is 0.401. The van der Waals surface area contributed by atoms with Gasteiger partial charge in [-0.25, -0.2) is 9.97 Å². The van der Waals surface area contributed by atoms with Gasteiger partial charge >= 0.3 is 5.69 Å². The molecule has 1 aromatic rings. The molecule has 0 aromatic carbocycles. The van der Waals surface area contributed by atoms with Gasteiger partial charge < -0.3 is 10.0 Å². The first-order valence-electron chi connectivity index (χ1n) is 6.06. The highest BCUT2D eigenvalue weighted by Crippen LogP contribution is 2.27. The number of nitro groups is 1. The summed E-state index contributed by atoms with van der Waals surface area (Å²) in [7, 11) is 0. The molecule has 1 heterocycles. The van der Waals surface area contributed by atoms with E-state index in [0.717, 1.165) is 12.8 Å². The maximum absolute atomic E-state index is 10.5. The van der Waals surface area contributed by atoms with Gasteiger partial charge in [-0.3, -0.25) is 10.1 Å². The maximum Gasteiger partial charge on any atom is 0.305 e. The lowest BCUT2D eigenvalue weighted by Crippen LogP contribution is -2.42. The molecule has 0 atom stereocenters. The lowest BCUT2D eigenvalue weighted by Gasteiger charge is -2.37. The molecule has 1 saturated carbocycles. The van der Waals surface area contributed by atoms with Crippen LogP contribution in [0.2, 0.25) is 0 Å². The smallest absolute Gasteiger partial charge is 0.305 e. The highest BCUT2D eigenvalue weighted by Gasteiger charge is 2.26. The number of aliphatic hydroxyl groups excluding tert-OH is 1. The van der Waals surface area contributed by atoms with E-state index in [1.54, 1.807) is 0 Å². The minimum atomic E-state index is -0.509. The summed E-state index contributed by atoms with van der Waals surface area (Å²) < 4.78 is 0. The fourth-order valence-corrected chi connectivity index (χ4v) is 1.94. The van der Waals surface area contributed by atoms with Crippen LogP contribution >= 0.6 is 0 Å². The molecule has 0 spiro atoms. The summed E-state index contributed by atoms with van der Waals surface area (Å²) in [5.74, 6) is 0.513. The van der Waals surface area contributed by atoms with E-state index in [4.69, 9.17) is 5.11 Å². The van der Waals surface area contributed by atoms with E-state index < -0.39 is 4.92 Å². The molecule has 7 heteroatoms. The predicted octanol–water partition coefficient (Wildman–Crippen LogP) is 1.13. The SMILES string of the molecule is O=[N+]([O-])c1cnc(N(CCCO)C2CCC2)nc1. The fraction of sp³-hybridized carbons (Fsp3) is 0.636. The Morgan fingerprint density at radius 3 is 2.56 bits per heavy atom. The van der Waals surface area contributed by atoms with Gasteiger partial charge in [0.2, 0.25) is 5.95 Å². The van der Waals surface area contributed by atoms with Gasteiger partial charge in [-0.1, -0.05) is 0 Å². The number of aliphatic hydroxyl groups is 1. The summed E-state index contributed by atoms with van der Waals surface area (Å²) in [4.78, 5) is 20.2. The second kappa shape index (κ2) is 5.72. The van der Waals surface area contributed by atoms with Crippen molar-refractivity contribution in [2.45, 2.75) is 31.7 Å². The van der Waals surface area contributed by atoms with Crippen molar-refractivity contribution < 1.29 is 10.0 Å². The Hall–Kier alpha value is -1.76. The average molecular weight is 252 g/mol. The van der Waals surface area contributed by atoms with E-state index in [0.29, 0.717) is 25.0 Å². The summed E-state index contributed by atoms with van der Waals surface area (Å²) in [5, 5.41) is 19.4. The van der Waals surface area contributed by atoms with Crippen LogP contribution in [0.4, 0.5) is 11.6 Å². The Balaban J connectivity index is 2.11. The van der Waals surface area contributed by atoms with Gasteiger partial charge in [0.1, 0.15) is 12.4 Å². The van der Waals surface area contributed by atoms with Crippen molar-refractivity contribution >= 4 is 11.6 Å². The Kier molecular flexibility index (Phi) is 4.03. The Morgan fingerprint density at radius 1 is 1.44 bits per heavy atom. The van der Waals surface area contributed by atoms with E-state index in [-0.39, 0.29) is 12.3 Å². The van der Waals surface area contributed by atoms with Gasteiger partial charge in [0.05, 0.1) is 4.92 Å². The fourth-order valence-electron chi connectivity index (χ4n) is 1.94. The van der Waals surface area contributed by atoms with Crippen LogP contribution in [0.3, 0.4) is 0 Å². The van der Waals surface area contributed by atoms with Crippen molar-refractivity contribution in [2.24, 2.45) is 0 Å². The van der Waals surface area contributed by atoms with Crippen LogP contribution in [0.1, 0.15) is 25.7 Å². The Labute approximate surface area is 105 Å². The lowest BCUT2D eigenvalue weighted by molar-refractivity contribution is -0.385. The minimum absolute atomic E-state index is 0.102. The first kappa shape index (κ1) is 12.7. The molecule has 1 N–H and O–H groups in total. The van der Waals surface area contributed by atoms with Gasteiger partial charge in [0, 0.05) is 19.2 Å². The van der Waals surface area contributed by atoms with E-state index >= 15 is 0 Å². The van der Waals surface area contributed by atoms with Crippen molar-refractivity contribution in [3.63, 3.8) is 0 Å². The number of hydrogen-bond donors (Lipinski definition) is 1.